The highest BCUT2D eigenvalue weighted by atomic mass is 32.1. The van der Waals surface area contributed by atoms with E-state index in [-0.39, 0.29) is 11.9 Å². The molecule has 1 amide bonds. The molecule has 6 nitrogen and oxygen atoms in total. The van der Waals surface area contributed by atoms with Crippen LogP contribution in [0, 0.1) is 0 Å². The Hall–Kier alpha value is -3.19. The van der Waals surface area contributed by atoms with Crippen molar-refractivity contribution in [3.8, 4) is 0 Å². The van der Waals surface area contributed by atoms with Crippen molar-refractivity contribution in [1.82, 2.24) is 20.5 Å². The first-order valence-corrected chi connectivity index (χ1v) is 9.50. The van der Waals surface area contributed by atoms with Crippen LogP contribution in [0.2, 0.25) is 0 Å². The molecule has 0 aliphatic carbocycles. The van der Waals surface area contributed by atoms with Crippen molar-refractivity contribution >= 4 is 33.3 Å². The fourth-order valence-electron chi connectivity index (χ4n) is 3.12. The summed E-state index contributed by atoms with van der Waals surface area (Å²) >= 11 is 1.29. The zero-order chi connectivity index (χ0) is 18.6. The standard InChI is InChI=1S/C20H19N5OS/c21-20-25-24-19(27-20)18(13-6-2-1-3-7-13)23-17(26)11-10-14-12-22-16-9-5-4-8-15(14)16/h1-9,12,18,22H,10-11H2,(H2,21,25)(H,23,26). The van der Waals surface area contributed by atoms with E-state index in [4.69, 9.17) is 5.73 Å². The lowest BCUT2D eigenvalue weighted by Gasteiger charge is -2.16. The number of aryl methyl sites for hydroxylation is 1. The highest BCUT2D eigenvalue weighted by Crippen LogP contribution is 2.26. The Balaban J connectivity index is 1.48. The number of aromatic amines is 1. The largest absolute Gasteiger partial charge is 0.374 e. The fourth-order valence-corrected chi connectivity index (χ4v) is 3.81. The lowest BCUT2D eigenvalue weighted by molar-refractivity contribution is -0.121. The molecule has 0 aliphatic rings. The third-order valence-corrected chi connectivity index (χ3v) is 5.26. The van der Waals surface area contributed by atoms with Gasteiger partial charge in [-0.2, -0.15) is 0 Å². The molecule has 1 unspecified atom stereocenters. The molecule has 2 aromatic carbocycles. The lowest BCUT2D eigenvalue weighted by atomic mass is 10.1. The topological polar surface area (TPSA) is 96.7 Å². The predicted octanol–water partition coefficient (Wildman–Crippen LogP) is 3.44. The van der Waals surface area contributed by atoms with Crippen molar-refractivity contribution in [2.75, 3.05) is 5.73 Å². The van der Waals surface area contributed by atoms with Crippen molar-refractivity contribution in [1.29, 1.82) is 0 Å². The quantitative estimate of drug-likeness (QED) is 0.479. The molecule has 7 heteroatoms. The summed E-state index contributed by atoms with van der Waals surface area (Å²) in [7, 11) is 0. The molecule has 4 N–H and O–H groups in total. The summed E-state index contributed by atoms with van der Waals surface area (Å²) in [6, 6.07) is 17.5. The van der Waals surface area contributed by atoms with Gasteiger partial charge in [0.05, 0.1) is 0 Å². The van der Waals surface area contributed by atoms with Gasteiger partial charge in [-0.1, -0.05) is 59.9 Å². The third-order valence-electron chi connectivity index (χ3n) is 4.44. The fraction of sp³-hybridized carbons (Fsp3) is 0.150. The number of aromatic nitrogens is 3. The van der Waals surface area contributed by atoms with Crippen molar-refractivity contribution in [2.45, 2.75) is 18.9 Å². The van der Waals surface area contributed by atoms with Gasteiger partial charge in [0.15, 0.2) is 0 Å². The van der Waals surface area contributed by atoms with Crippen molar-refractivity contribution < 1.29 is 4.79 Å². The highest BCUT2D eigenvalue weighted by molar-refractivity contribution is 7.15. The summed E-state index contributed by atoms with van der Waals surface area (Å²) < 4.78 is 0. The molecular formula is C20H19N5OS. The number of rotatable bonds is 6. The number of H-pyrrole nitrogens is 1. The highest BCUT2D eigenvalue weighted by Gasteiger charge is 2.21. The summed E-state index contributed by atoms with van der Waals surface area (Å²) in [5.41, 5.74) is 8.90. The van der Waals surface area contributed by atoms with Gasteiger partial charge in [-0.15, -0.1) is 10.2 Å². The summed E-state index contributed by atoms with van der Waals surface area (Å²) in [5.74, 6) is -0.0390. The van der Waals surface area contributed by atoms with Crippen LogP contribution in [0.3, 0.4) is 0 Å². The minimum Gasteiger partial charge on any atom is -0.374 e. The first-order valence-electron chi connectivity index (χ1n) is 8.69. The third kappa shape index (κ3) is 3.83. The van der Waals surface area contributed by atoms with Crippen LogP contribution in [0.1, 0.15) is 28.6 Å². The average molecular weight is 377 g/mol. The first kappa shape index (κ1) is 17.2. The van der Waals surface area contributed by atoms with Crippen LogP contribution in [0.5, 0.6) is 0 Å². The lowest BCUT2D eigenvalue weighted by Crippen LogP contribution is -2.29. The van der Waals surface area contributed by atoms with Gasteiger partial charge in [-0.3, -0.25) is 4.79 Å². The van der Waals surface area contributed by atoms with E-state index in [9.17, 15) is 4.79 Å². The van der Waals surface area contributed by atoms with Gasteiger partial charge >= 0.3 is 0 Å². The number of hydrogen-bond donors (Lipinski definition) is 3. The summed E-state index contributed by atoms with van der Waals surface area (Å²) in [4.78, 5) is 15.9. The SMILES string of the molecule is Nc1nnc(C(NC(=O)CCc2c[nH]c3ccccc23)c2ccccc2)s1. The Labute approximate surface area is 160 Å². The van der Waals surface area contributed by atoms with Gasteiger partial charge in [0.2, 0.25) is 11.0 Å². The number of nitrogens with one attached hydrogen (secondary N) is 2. The van der Waals surface area contributed by atoms with E-state index in [1.165, 1.54) is 11.3 Å². The van der Waals surface area contributed by atoms with Crippen LogP contribution in [-0.2, 0) is 11.2 Å². The van der Waals surface area contributed by atoms with Crippen LogP contribution >= 0.6 is 11.3 Å². The van der Waals surface area contributed by atoms with E-state index < -0.39 is 0 Å². The van der Waals surface area contributed by atoms with Crippen LogP contribution < -0.4 is 11.1 Å². The smallest absolute Gasteiger partial charge is 0.221 e. The maximum atomic E-state index is 12.6. The number of hydrogen-bond acceptors (Lipinski definition) is 5. The van der Waals surface area contributed by atoms with Crippen LogP contribution in [0.25, 0.3) is 10.9 Å². The van der Waals surface area contributed by atoms with E-state index in [2.05, 4.69) is 26.6 Å². The minimum atomic E-state index is -0.350. The Kier molecular flexibility index (Phi) is 4.84. The summed E-state index contributed by atoms with van der Waals surface area (Å²) in [6.45, 7) is 0. The molecule has 0 spiro atoms. The van der Waals surface area contributed by atoms with Gasteiger partial charge in [-0.25, -0.2) is 0 Å². The van der Waals surface area contributed by atoms with E-state index >= 15 is 0 Å². The van der Waals surface area contributed by atoms with E-state index in [0.29, 0.717) is 23.0 Å². The summed E-state index contributed by atoms with van der Waals surface area (Å²) in [5, 5.41) is 13.3. The molecule has 4 rings (SSSR count). The molecule has 136 valence electrons. The number of para-hydroxylation sites is 1. The van der Waals surface area contributed by atoms with Crippen LogP contribution in [0.4, 0.5) is 5.13 Å². The Morgan fingerprint density at radius 3 is 2.67 bits per heavy atom. The number of amides is 1. The number of nitrogens with zero attached hydrogens (tertiary/aromatic N) is 2. The number of nitrogen functional groups attached to an aromatic ring is 1. The van der Waals surface area contributed by atoms with Gasteiger partial charge in [0, 0.05) is 23.5 Å². The Bertz CT molecular complexity index is 1060. The average Bonchev–Trinajstić information content (AvgIpc) is 3.31. The maximum Gasteiger partial charge on any atom is 0.221 e. The van der Waals surface area contributed by atoms with Gasteiger partial charge in [0.25, 0.3) is 0 Å². The number of benzene rings is 2. The molecule has 0 bridgehead atoms. The number of carbonyl (C=O) groups is 1. The van der Waals surface area contributed by atoms with Gasteiger partial charge in [-0.05, 0) is 23.6 Å². The Morgan fingerprint density at radius 2 is 1.89 bits per heavy atom. The zero-order valence-electron chi connectivity index (χ0n) is 14.6. The zero-order valence-corrected chi connectivity index (χ0v) is 15.4. The molecule has 2 heterocycles. The van der Waals surface area contributed by atoms with E-state index in [1.54, 1.807) is 0 Å². The predicted molar refractivity (Wildman–Crippen MR) is 107 cm³/mol. The van der Waals surface area contributed by atoms with E-state index in [1.807, 2.05) is 54.7 Å². The number of fused-ring (bicyclic) bond motifs is 1. The van der Waals surface area contributed by atoms with Crippen molar-refractivity contribution in [3.05, 3.63) is 76.9 Å². The molecular weight excluding hydrogens is 358 g/mol. The molecule has 0 saturated heterocycles. The minimum absolute atomic E-state index is 0.0390. The second-order valence-corrected chi connectivity index (χ2v) is 7.29. The Morgan fingerprint density at radius 1 is 1.11 bits per heavy atom. The maximum absolute atomic E-state index is 12.6. The summed E-state index contributed by atoms with van der Waals surface area (Å²) in [6.07, 6.45) is 3.02. The van der Waals surface area contributed by atoms with Gasteiger partial charge in [0.1, 0.15) is 11.0 Å². The second kappa shape index (κ2) is 7.59. The molecule has 4 aromatic rings. The number of anilines is 1. The molecule has 1 atom stereocenters. The monoisotopic (exact) mass is 377 g/mol. The van der Waals surface area contributed by atoms with Crippen LogP contribution in [0.15, 0.2) is 60.8 Å². The molecule has 0 radical (unpaired) electrons. The van der Waals surface area contributed by atoms with Crippen molar-refractivity contribution in [2.24, 2.45) is 0 Å². The molecule has 0 saturated carbocycles. The molecule has 0 aliphatic heterocycles. The first-order chi connectivity index (χ1) is 13.2. The molecule has 27 heavy (non-hydrogen) atoms. The van der Waals surface area contributed by atoms with Gasteiger partial charge < -0.3 is 16.0 Å². The number of nitrogens with two attached hydrogens (primary N) is 1. The van der Waals surface area contributed by atoms with Crippen molar-refractivity contribution in [3.63, 3.8) is 0 Å². The number of carbonyl (C=O) groups excluding carboxylic acids is 1. The normalized spacial score (nSPS) is 12.1. The van der Waals surface area contributed by atoms with Crippen LogP contribution in [-0.4, -0.2) is 21.1 Å². The van der Waals surface area contributed by atoms with E-state index in [0.717, 1.165) is 22.0 Å². The second-order valence-electron chi connectivity index (χ2n) is 6.25. The molecule has 2 aromatic heterocycles. The molecule has 0 fully saturated rings.